The van der Waals surface area contributed by atoms with Gasteiger partial charge in [0.15, 0.2) is 0 Å². The van der Waals surface area contributed by atoms with Crippen LogP contribution in [0.15, 0.2) is 0 Å². The molecule has 3 heterocycles. The quantitative estimate of drug-likeness (QED) is 0.467. The molecule has 5 nitrogen and oxygen atoms in total. The van der Waals surface area contributed by atoms with Crippen LogP contribution in [-0.4, -0.2) is 115 Å². The summed E-state index contributed by atoms with van der Waals surface area (Å²) < 4.78 is 6.92. The largest absolute Gasteiger partial charge is 0.372 e. The summed E-state index contributed by atoms with van der Waals surface area (Å²) >= 11 is 2.61. The van der Waals surface area contributed by atoms with Crippen molar-refractivity contribution in [3.8, 4) is 0 Å². The average molecular weight is 464 g/mol. The molecular formula is C19H37IN4O. The van der Waals surface area contributed by atoms with Gasteiger partial charge in [0.2, 0.25) is 0 Å². The number of nitrogens with zero attached hydrogens (tertiary/aromatic N) is 4. The molecule has 3 saturated heterocycles. The lowest BCUT2D eigenvalue weighted by Crippen LogP contribution is -2.61. The van der Waals surface area contributed by atoms with Gasteiger partial charge in [-0.1, -0.05) is 22.6 Å². The van der Waals surface area contributed by atoms with Crippen LogP contribution in [0.1, 0.15) is 26.2 Å². The number of ether oxygens (including phenoxy) is 1. The Morgan fingerprint density at radius 2 is 1.60 bits per heavy atom. The molecule has 3 rings (SSSR count). The normalized spacial score (nSPS) is 43.4. The maximum absolute atomic E-state index is 6.58. The monoisotopic (exact) mass is 464 g/mol. The first kappa shape index (κ1) is 20.3. The molecule has 0 aromatic carbocycles. The minimum absolute atomic E-state index is 0.341. The van der Waals surface area contributed by atoms with Crippen molar-refractivity contribution in [1.82, 2.24) is 19.6 Å². The van der Waals surface area contributed by atoms with Crippen molar-refractivity contribution in [2.45, 2.75) is 53.9 Å². The van der Waals surface area contributed by atoms with Gasteiger partial charge in [0.05, 0.1) is 12.2 Å². The van der Waals surface area contributed by atoms with Crippen molar-refractivity contribution < 1.29 is 4.74 Å². The van der Waals surface area contributed by atoms with Gasteiger partial charge in [-0.3, -0.25) is 9.80 Å². The van der Waals surface area contributed by atoms with Crippen LogP contribution in [-0.2, 0) is 4.74 Å². The van der Waals surface area contributed by atoms with Crippen LogP contribution in [0.2, 0.25) is 0 Å². The zero-order valence-corrected chi connectivity index (χ0v) is 18.9. The van der Waals surface area contributed by atoms with Gasteiger partial charge in [0.25, 0.3) is 0 Å². The smallest absolute Gasteiger partial charge is 0.0719 e. The number of piperidine rings is 2. The molecule has 25 heavy (non-hydrogen) atoms. The van der Waals surface area contributed by atoms with Crippen molar-refractivity contribution in [2.24, 2.45) is 0 Å². The van der Waals surface area contributed by atoms with E-state index in [1.165, 1.54) is 45.4 Å². The Labute approximate surface area is 168 Å². The van der Waals surface area contributed by atoms with Gasteiger partial charge in [0, 0.05) is 54.8 Å². The molecular weight excluding hydrogens is 427 g/mol. The summed E-state index contributed by atoms with van der Waals surface area (Å²) in [4.78, 5) is 10.1. The van der Waals surface area contributed by atoms with E-state index in [1.54, 1.807) is 0 Å². The summed E-state index contributed by atoms with van der Waals surface area (Å²) in [6.45, 7) is 9.26. The van der Waals surface area contributed by atoms with Gasteiger partial charge >= 0.3 is 0 Å². The highest BCUT2D eigenvalue weighted by atomic mass is 127. The second-order valence-corrected chi connectivity index (χ2v) is 11.7. The van der Waals surface area contributed by atoms with Crippen LogP contribution >= 0.6 is 22.6 Å². The number of likely N-dealkylation sites (N-methyl/N-ethyl adjacent to an activating group) is 4. The highest BCUT2D eigenvalue weighted by molar-refractivity contribution is 14.1. The Hall–Kier alpha value is 0.530. The maximum Gasteiger partial charge on any atom is 0.0719 e. The van der Waals surface area contributed by atoms with E-state index in [9.17, 15) is 0 Å². The predicted octanol–water partition coefficient (Wildman–Crippen LogP) is 1.61. The fourth-order valence-electron chi connectivity index (χ4n) is 5.12. The minimum Gasteiger partial charge on any atom is -0.372 e. The van der Waals surface area contributed by atoms with Crippen LogP contribution in [0.5, 0.6) is 0 Å². The predicted molar refractivity (Wildman–Crippen MR) is 113 cm³/mol. The molecule has 3 fully saturated rings. The molecule has 0 bridgehead atoms. The number of alkyl halides is 1. The van der Waals surface area contributed by atoms with Crippen LogP contribution in [0.25, 0.3) is 0 Å². The SMILES string of the molecule is CN1CCN(C)C(C2CCC(OC3CN(C)CC(C)(I)C3)CN2C)C1. The number of halogens is 1. The van der Waals surface area contributed by atoms with Crippen molar-refractivity contribution in [1.29, 1.82) is 0 Å². The van der Waals surface area contributed by atoms with Gasteiger partial charge < -0.3 is 14.5 Å². The third-order valence-electron chi connectivity index (χ3n) is 6.34. The summed E-state index contributed by atoms with van der Waals surface area (Å²) in [5.41, 5.74) is 0. The van der Waals surface area contributed by atoms with Gasteiger partial charge in [-0.25, -0.2) is 0 Å². The van der Waals surface area contributed by atoms with Crippen LogP contribution in [0.3, 0.4) is 0 Å². The van der Waals surface area contributed by atoms with Crippen molar-refractivity contribution in [3.63, 3.8) is 0 Å². The fraction of sp³-hybridized carbons (Fsp3) is 1.00. The summed E-state index contributed by atoms with van der Waals surface area (Å²) in [6.07, 6.45) is 4.43. The molecule has 0 aromatic heterocycles. The molecule has 0 radical (unpaired) electrons. The lowest BCUT2D eigenvalue weighted by molar-refractivity contribution is -0.0889. The summed E-state index contributed by atoms with van der Waals surface area (Å²) in [6, 6.07) is 1.32. The molecule has 0 amide bonds. The lowest BCUT2D eigenvalue weighted by Gasteiger charge is -2.48. The lowest BCUT2D eigenvalue weighted by atomic mass is 9.92. The first-order valence-electron chi connectivity index (χ1n) is 9.85. The van der Waals surface area contributed by atoms with Crippen molar-refractivity contribution in [2.75, 3.05) is 67.5 Å². The molecule has 6 heteroatoms. The first-order chi connectivity index (χ1) is 11.7. The molecule has 3 aliphatic rings. The highest BCUT2D eigenvalue weighted by Gasteiger charge is 2.38. The van der Waals surface area contributed by atoms with E-state index < -0.39 is 0 Å². The van der Waals surface area contributed by atoms with E-state index in [4.69, 9.17) is 4.74 Å². The Bertz CT molecular complexity index is 449. The van der Waals surface area contributed by atoms with E-state index in [1.807, 2.05) is 0 Å². The second kappa shape index (κ2) is 8.27. The van der Waals surface area contributed by atoms with Gasteiger partial charge in [-0.2, -0.15) is 0 Å². The minimum atomic E-state index is 0.341. The van der Waals surface area contributed by atoms with Crippen LogP contribution in [0.4, 0.5) is 0 Å². The summed E-state index contributed by atoms with van der Waals surface area (Å²) in [5.74, 6) is 0. The molecule has 0 N–H and O–H groups in total. The number of hydrogen-bond donors (Lipinski definition) is 0. The molecule has 0 aliphatic carbocycles. The van der Waals surface area contributed by atoms with Crippen LogP contribution in [0, 0.1) is 0 Å². The van der Waals surface area contributed by atoms with E-state index in [2.05, 4.69) is 77.3 Å². The Morgan fingerprint density at radius 1 is 0.840 bits per heavy atom. The van der Waals surface area contributed by atoms with E-state index >= 15 is 0 Å². The zero-order valence-electron chi connectivity index (χ0n) is 16.7. The molecule has 0 saturated carbocycles. The third kappa shape index (κ3) is 5.29. The summed E-state index contributed by atoms with van der Waals surface area (Å²) in [7, 11) is 9.09. The number of piperazine rings is 1. The molecule has 5 unspecified atom stereocenters. The standard InChI is InChI=1S/C19H37IN4O/c1-19(20)10-16(11-22(3)14-19)25-15-6-7-17(24(5)12-15)18-13-21(2)8-9-23(18)4/h15-18H,6-14H2,1-5H3. The first-order valence-corrected chi connectivity index (χ1v) is 10.9. The average Bonchev–Trinajstić information content (AvgIpc) is 2.48. The van der Waals surface area contributed by atoms with Crippen molar-refractivity contribution in [3.05, 3.63) is 0 Å². The van der Waals surface area contributed by atoms with Gasteiger partial charge in [0.1, 0.15) is 0 Å². The van der Waals surface area contributed by atoms with Crippen molar-refractivity contribution >= 4 is 22.6 Å². The topological polar surface area (TPSA) is 22.2 Å². The molecule has 0 aromatic rings. The maximum atomic E-state index is 6.58. The molecule has 0 spiro atoms. The van der Waals surface area contributed by atoms with E-state index in [-0.39, 0.29) is 0 Å². The Balaban J connectivity index is 1.53. The molecule has 5 atom stereocenters. The van der Waals surface area contributed by atoms with Crippen LogP contribution < -0.4 is 0 Å². The molecule has 146 valence electrons. The summed E-state index contributed by atoms with van der Waals surface area (Å²) in [5, 5.41) is 0. The zero-order chi connectivity index (χ0) is 18.2. The fourth-order valence-corrected chi connectivity index (χ4v) is 6.20. The van der Waals surface area contributed by atoms with Gasteiger partial charge in [-0.05, 0) is 54.4 Å². The highest BCUT2D eigenvalue weighted by Crippen LogP contribution is 2.32. The Morgan fingerprint density at radius 3 is 2.28 bits per heavy atom. The molecule has 3 aliphatic heterocycles. The number of hydrogen-bond acceptors (Lipinski definition) is 5. The third-order valence-corrected chi connectivity index (χ3v) is 7.12. The van der Waals surface area contributed by atoms with Gasteiger partial charge in [-0.15, -0.1) is 0 Å². The number of likely N-dealkylation sites (tertiary alicyclic amines) is 2. The number of rotatable bonds is 3. The van der Waals surface area contributed by atoms with E-state index in [0.717, 1.165) is 13.1 Å². The Kier molecular flexibility index (Phi) is 6.70. The second-order valence-electron chi connectivity index (χ2n) is 9.09. The van der Waals surface area contributed by atoms with E-state index in [0.29, 0.717) is 27.7 Å².